The smallest absolute Gasteiger partial charge is 0.416 e. The van der Waals surface area contributed by atoms with Crippen LogP contribution in [0.5, 0.6) is 6.01 Å². The van der Waals surface area contributed by atoms with Gasteiger partial charge in [0.05, 0.1) is 36.7 Å². The molecular formula is C25H31F3N4O3. The van der Waals surface area contributed by atoms with E-state index in [9.17, 15) is 18.3 Å². The van der Waals surface area contributed by atoms with E-state index in [2.05, 4.69) is 15.4 Å². The molecule has 0 saturated carbocycles. The summed E-state index contributed by atoms with van der Waals surface area (Å²) in [7, 11) is 0. The Kier molecular flexibility index (Phi) is 8.74. The van der Waals surface area contributed by atoms with Crippen molar-refractivity contribution in [1.29, 1.82) is 0 Å². The number of rotatable bonds is 11. The molecule has 0 radical (unpaired) electrons. The summed E-state index contributed by atoms with van der Waals surface area (Å²) in [4.78, 5) is 4.37. The quantitative estimate of drug-likeness (QED) is 0.384. The van der Waals surface area contributed by atoms with Crippen molar-refractivity contribution in [2.24, 2.45) is 5.92 Å². The van der Waals surface area contributed by atoms with E-state index in [1.165, 1.54) is 10.7 Å². The zero-order valence-electron chi connectivity index (χ0n) is 20.2. The number of aliphatic hydroxyl groups is 1. The predicted molar refractivity (Wildman–Crippen MR) is 128 cm³/mol. The average molecular weight is 493 g/mol. The second-order valence-corrected chi connectivity index (χ2v) is 8.88. The molecule has 10 heteroatoms. The summed E-state index contributed by atoms with van der Waals surface area (Å²) >= 11 is 0. The van der Waals surface area contributed by atoms with Crippen LogP contribution >= 0.6 is 0 Å². The first-order chi connectivity index (χ1) is 16.5. The Balaban J connectivity index is 1.85. The lowest BCUT2D eigenvalue weighted by atomic mass is 10.1. The lowest BCUT2D eigenvalue weighted by molar-refractivity contribution is -0.137. The largest absolute Gasteiger partial charge is 0.462 e. The molecule has 3 rings (SSSR count). The maximum atomic E-state index is 13.3. The number of alkyl halides is 3. The summed E-state index contributed by atoms with van der Waals surface area (Å²) in [6.45, 7) is 8.65. The Labute approximate surface area is 202 Å². The van der Waals surface area contributed by atoms with Gasteiger partial charge < -0.3 is 19.9 Å². The molecular weight excluding hydrogens is 461 g/mol. The van der Waals surface area contributed by atoms with Gasteiger partial charge >= 0.3 is 12.2 Å². The molecule has 1 atom stereocenters. The van der Waals surface area contributed by atoms with Crippen molar-refractivity contribution >= 4 is 5.69 Å². The molecule has 1 heterocycles. The molecule has 0 aliphatic carbocycles. The summed E-state index contributed by atoms with van der Waals surface area (Å²) in [5, 5.41) is 17.5. The van der Waals surface area contributed by atoms with Crippen molar-refractivity contribution in [1.82, 2.24) is 14.8 Å². The molecule has 0 fully saturated rings. The predicted octanol–water partition coefficient (Wildman–Crippen LogP) is 5.19. The van der Waals surface area contributed by atoms with E-state index in [1.807, 2.05) is 27.7 Å². The van der Waals surface area contributed by atoms with Gasteiger partial charge in [-0.25, -0.2) is 4.68 Å². The minimum Gasteiger partial charge on any atom is -0.462 e. The van der Waals surface area contributed by atoms with Crippen LogP contribution in [0.1, 0.15) is 33.3 Å². The Morgan fingerprint density at radius 3 is 2.37 bits per heavy atom. The molecule has 3 aromatic rings. The molecule has 0 spiro atoms. The van der Waals surface area contributed by atoms with Crippen molar-refractivity contribution in [3.05, 3.63) is 54.1 Å². The van der Waals surface area contributed by atoms with Gasteiger partial charge in [0.1, 0.15) is 0 Å². The number of aromatic nitrogens is 3. The molecule has 7 nitrogen and oxygen atoms in total. The molecule has 0 aliphatic heterocycles. The van der Waals surface area contributed by atoms with Crippen LogP contribution in [0, 0.1) is 5.92 Å². The number of ether oxygens (including phenoxy) is 2. The molecule has 0 bridgehead atoms. The maximum absolute atomic E-state index is 13.3. The van der Waals surface area contributed by atoms with Gasteiger partial charge in [0.15, 0.2) is 5.82 Å². The molecule has 2 aromatic carbocycles. The standard InChI is InChI=1S/C25H31F3N4O3/c1-16(2)14-35-24-30-23(18-6-5-7-19(12-18)25(26,27)28)32(31-24)21-10-8-20(9-11-21)29-13-22(33)15-34-17(3)4/h5-12,16-17,22,29,33H,13-15H2,1-4H3/t22-/m1/s1. The molecule has 0 unspecified atom stereocenters. The first-order valence-electron chi connectivity index (χ1n) is 11.4. The van der Waals surface area contributed by atoms with Crippen LogP contribution in [-0.2, 0) is 10.9 Å². The van der Waals surface area contributed by atoms with Crippen molar-refractivity contribution in [3.63, 3.8) is 0 Å². The Hall–Kier alpha value is -3.11. The molecule has 0 amide bonds. The van der Waals surface area contributed by atoms with Gasteiger partial charge in [0.25, 0.3) is 0 Å². The fraction of sp³-hybridized carbons (Fsp3) is 0.440. The number of nitrogens with zero attached hydrogens (tertiary/aromatic N) is 3. The van der Waals surface area contributed by atoms with E-state index in [4.69, 9.17) is 9.47 Å². The van der Waals surface area contributed by atoms with E-state index in [-0.39, 0.29) is 36.0 Å². The van der Waals surface area contributed by atoms with Crippen LogP contribution in [0.4, 0.5) is 18.9 Å². The third kappa shape index (κ3) is 7.69. The third-order valence-corrected chi connectivity index (χ3v) is 4.86. The van der Waals surface area contributed by atoms with Gasteiger partial charge in [-0.1, -0.05) is 26.0 Å². The van der Waals surface area contributed by atoms with Gasteiger partial charge in [-0.15, -0.1) is 5.10 Å². The minimum atomic E-state index is -4.48. The Morgan fingerprint density at radius 2 is 1.74 bits per heavy atom. The fourth-order valence-electron chi connectivity index (χ4n) is 3.12. The lowest BCUT2D eigenvalue weighted by Crippen LogP contribution is -2.26. The van der Waals surface area contributed by atoms with Crippen LogP contribution in [0.25, 0.3) is 17.1 Å². The highest BCUT2D eigenvalue weighted by molar-refractivity contribution is 5.60. The molecule has 1 aromatic heterocycles. The summed E-state index contributed by atoms with van der Waals surface area (Å²) in [6, 6.07) is 12.1. The van der Waals surface area contributed by atoms with E-state index < -0.39 is 17.8 Å². The number of anilines is 1. The van der Waals surface area contributed by atoms with Crippen LogP contribution in [-0.4, -0.2) is 51.8 Å². The second-order valence-electron chi connectivity index (χ2n) is 8.88. The van der Waals surface area contributed by atoms with Crippen molar-refractivity contribution < 1.29 is 27.8 Å². The summed E-state index contributed by atoms with van der Waals surface area (Å²) < 4.78 is 52.3. The minimum absolute atomic E-state index is 0.0343. The highest BCUT2D eigenvalue weighted by Gasteiger charge is 2.31. The molecule has 0 aliphatic rings. The van der Waals surface area contributed by atoms with Crippen LogP contribution in [0.15, 0.2) is 48.5 Å². The Bertz CT molecular complexity index is 1080. The third-order valence-electron chi connectivity index (χ3n) is 4.86. The van der Waals surface area contributed by atoms with E-state index in [0.717, 1.165) is 17.8 Å². The number of halogens is 3. The maximum Gasteiger partial charge on any atom is 0.416 e. The first-order valence-corrected chi connectivity index (χ1v) is 11.4. The average Bonchev–Trinajstić information content (AvgIpc) is 3.24. The van der Waals surface area contributed by atoms with E-state index >= 15 is 0 Å². The zero-order chi connectivity index (χ0) is 25.6. The highest BCUT2D eigenvalue weighted by atomic mass is 19.4. The lowest BCUT2D eigenvalue weighted by Gasteiger charge is -2.15. The zero-order valence-corrected chi connectivity index (χ0v) is 20.2. The highest BCUT2D eigenvalue weighted by Crippen LogP contribution is 2.33. The van der Waals surface area contributed by atoms with Crippen molar-refractivity contribution in [3.8, 4) is 23.1 Å². The van der Waals surface area contributed by atoms with Gasteiger partial charge in [0.2, 0.25) is 0 Å². The number of benzene rings is 2. The normalized spacial score (nSPS) is 12.9. The van der Waals surface area contributed by atoms with Crippen molar-refractivity contribution in [2.45, 2.75) is 46.1 Å². The molecule has 190 valence electrons. The topological polar surface area (TPSA) is 81.4 Å². The molecule has 0 saturated heterocycles. The summed E-state index contributed by atoms with van der Waals surface area (Å²) in [6.07, 6.45) is -5.11. The van der Waals surface area contributed by atoms with Crippen LogP contribution in [0.2, 0.25) is 0 Å². The number of hydrogen-bond acceptors (Lipinski definition) is 6. The van der Waals surface area contributed by atoms with Crippen LogP contribution < -0.4 is 10.1 Å². The van der Waals surface area contributed by atoms with E-state index in [0.29, 0.717) is 18.8 Å². The summed E-state index contributed by atoms with van der Waals surface area (Å²) in [5.41, 5.74) is 0.851. The molecule has 35 heavy (non-hydrogen) atoms. The molecule has 2 N–H and O–H groups in total. The summed E-state index contributed by atoms with van der Waals surface area (Å²) in [5.74, 6) is 0.461. The number of nitrogens with one attached hydrogen (secondary N) is 1. The van der Waals surface area contributed by atoms with Gasteiger partial charge in [-0.2, -0.15) is 18.2 Å². The van der Waals surface area contributed by atoms with Gasteiger partial charge in [-0.3, -0.25) is 0 Å². The SMILES string of the molecule is CC(C)COc1nc(-c2cccc(C(F)(F)F)c2)n(-c2ccc(NC[C@@H](O)COC(C)C)cc2)n1. The number of hydrogen-bond donors (Lipinski definition) is 2. The monoisotopic (exact) mass is 492 g/mol. The van der Waals surface area contributed by atoms with Crippen molar-refractivity contribution in [2.75, 3.05) is 25.1 Å². The number of aliphatic hydroxyl groups excluding tert-OH is 1. The van der Waals surface area contributed by atoms with Crippen LogP contribution in [0.3, 0.4) is 0 Å². The fourth-order valence-corrected chi connectivity index (χ4v) is 3.12. The first kappa shape index (κ1) is 26.5. The van der Waals surface area contributed by atoms with Gasteiger partial charge in [-0.05, 0) is 56.2 Å². The Morgan fingerprint density at radius 1 is 1.03 bits per heavy atom. The van der Waals surface area contributed by atoms with E-state index in [1.54, 1.807) is 30.3 Å². The van der Waals surface area contributed by atoms with Gasteiger partial charge in [0, 0.05) is 17.8 Å². The second kappa shape index (κ2) is 11.5.